The van der Waals surface area contributed by atoms with Gasteiger partial charge in [0, 0.05) is 33.1 Å². The zero-order chi connectivity index (χ0) is 17.2. The number of ether oxygens (including phenoxy) is 1. The van der Waals surface area contributed by atoms with Crippen LogP contribution in [0.3, 0.4) is 0 Å². The molecule has 1 aliphatic carbocycles. The highest BCUT2D eigenvalue weighted by Crippen LogP contribution is 2.26. The van der Waals surface area contributed by atoms with Gasteiger partial charge in [-0.05, 0) is 49.9 Å². The fourth-order valence-corrected chi connectivity index (χ4v) is 4.70. The molecule has 3 rings (SSSR count). The third-order valence-corrected chi connectivity index (χ3v) is 6.66. The molecule has 0 atom stereocenters. The molecule has 2 aliphatic rings. The summed E-state index contributed by atoms with van der Waals surface area (Å²) in [6.07, 6.45) is 4.79. The Morgan fingerprint density at radius 2 is 1.62 bits per heavy atom. The molecule has 0 bridgehead atoms. The molecule has 24 heavy (non-hydrogen) atoms. The molecule has 6 nitrogen and oxygen atoms in total. The minimum atomic E-state index is -3.52. The predicted molar refractivity (Wildman–Crippen MR) is 90.3 cm³/mol. The molecule has 0 radical (unpaired) electrons. The first-order chi connectivity index (χ1) is 11.5. The molecule has 1 aliphatic heterocycles. The van der Waals surface area contributed by atoms with Crippen LogP contribution in [0.5, 0.6) is 5.75 Å². The average molecular weight is 352 g/mol. The summed E-state index contributed by atoms with van der Waals surface area (Å²) >= 11 is 0. The van der Waals surface area contributed by atoms with Gasteiger partial charge in [-0.3, -0.25) is 4.79 Å². The van der Waals surface area contributed by atoms with E-state index in [1.807, 2.05) is 0 Å². The van der Waals surface area contributed by atoms with E-state index in [4.69, 9.17) is 4.74 Å². The normalized spacial score (nSPS) is 20.3. The highest BCUT2D eigenvalue weighted by Gasteiger charge is 2.29. The van der Waals surface area contributed by atoms with Crippen LogP contribution in [-0.4, -0.2) is 55.8 Å². The van der Waals surface area contributed by atoms with E-state index in [2.05, 4.69) is 0 Å². The molecule has 0 unspecified atom stereocenters. The van der Waals surface area contributed by atoms with Crippen molar-refractivity contribution in [3.63, 3.8) is 0 Å². The molecule has 1 aromatic rings. The summed E-state index contributed by atoms with van der Waals surface area (Å²) in [5.41, 5.74) is 0. The Morgan fingerprint density at radius 1 is 1.04 bits per heavy atom. The van der Waals surface area contributed by atoms with Crippen LogP contribution in [0.1, 0.15) is 32.6 Å². The summed E-state index contributed by atoms with van der Waals surface area (Å²) in [4.78, 5) is 13.3. The Kier molecular flexibility index (Phi) is 5.10. The van der Waals surface area contributed by atoms with E-state index >= 15 is 0 Å². The van der Waals surface area contributed by atoms with Crippen molar-refractivity contribution in [2.24, 2.45) is 0 Å². The van der Waals surface area contributed by atoms with Gasteiger partial charge >= 0.3 is 0 Å². The summed E-state index contributed by atoms with van der Waals surface area (Å²) in [5.74, 6) is 0.711. The molecule has 2 fully saturated rings. The lowest BCUT2D eigenvalue weighted by Gasteiger charge is -2.33. The van der Waals surface area contributed by atoms with E-state index in [-0.39, 0.29) is 16.9 Å². The van der Waals surface area contributed by atoms with E-state index < -0.39 is 10.0 Å². The maximum absolute atomic E-state index is 12.7. The van der Waals surface area contributed by atoms with Crippen molar-refractivity contribution in [3.8, 4) is 5.75 Å². The minimum Gasteiger partial charge on any atom is -0.490 e. The number of benzene rings is 1. The van der Waals surface area contributed by atoms with Gasteiger partial charge in [-0.25, -0.2) is 8.42 Å². The summed E-state index contributed by atoms with van der Waals surface area (Å²) in [7, 11) is -3.52. The second-order valence-corrected chi connectivity index (χ2v) is 8.34. The Hall–Kier alpha value is -1.60. The minimum absolute atomic E-state index is 0.0135. The first-order valence-electron chi connectivity index (χ1n) is 8.49. The monoisotopic (exact) mass is 352 g/mol. The molecular formula is C17H24N2O4S. The van der Waals surface area contributed by atoms with Gasteiger partial charge < -0.3 is 9.64 Å². The molecule has 1 amide bonds. The summed E-state index contributed by atoms with van der Waals surface area (Å²) < 4.78 is 32.7. The van der Waals surface area contributed by atoms with E-state index in [0.29, 0.717) is 26.2 Å². The number of nitrogens with zero attached hydrogens (tertiary/aromatic N) is 2. The Labute approximate surface area is 143 Å². The number of piperazine rings is 1. The van der Waals surface area contributed by atoms with E-state index in [1.54, 1.807) is 29.2 Å². The second kappa shape index (κ2) is 7.11. The fraction of sp³-hybridized carbons (Fsp3) is 0.588. The number of carbonyl (C=O) groups is 1. The van der Waals surface area contributed by atoms with Crippen molar-refractivity contribution < 1.29 is 17.9 Å². The number of hydrogen-bond donors (Lipinski definition) is 0. The van der Waals surface area contributed by atoms with Gasteiger partial charge in [-0.15, -0.1) is 0 Å². The third kappa shape index (κ3) is 3.72. The quantitative estimate of drug-likeness (QED) is 0.830. The van der Waals surface area contributed by atoms with Crippen LogP contribution in [0, 0.1) is 0 Å². The lowest BCUT2D eigenvalue weighted by atomic mass is 10.3. The summed E-state index contributed by atoms with van der Waals surface area (Å²) in [5, 5.41) is 0. The Morgan fingerprint density at radius 3 is 2.17 bits per heavy atom. The maximum Gasteiger partial charge on any atom is 0.243 e. The predicted octanol–water partition coefficient (Wildman–Crippen LogP) is 1.86. The van der Waals surface area contributed by atoms with E-state index in [9.17, 15) is 13.2 Å². The molecule has 1 saturated carbocycles. The van der Waals surface area contributed by atoms with Gasteiger partial charge in [0.2, 0.25) is 15.9 Å². The lowest BCUT2D eigenvalue weighted by Crippen LogP contribution is -2.49. The van der Waals surface area contributed by atoms with Gasteiger partial charge in [0.1, 0.15) is 5.75 Å². The summed E-state index contributed by atoms with van der Waals surface area (Å²) in [6, 6.07) is 6.68. The number of sulfonamides is 1. The number of carbonyl (C=O) groups excluding carboxylic acids is 1. The standard InChI is InChI=1S/C17H24N2O4S/c1-14(20)18-10-12-19(13-11-18)24(21,22)17-8-6-16(7-9-17)23-15-4-2-3-5-15/h6-9,15H,2-5,10-13H2,1H3. The molecular weight excluding hydrogens is 328 g/mol. The number of amides is 1. The third-order valence-electron chi connectivity index (χ3n) is 4.75. The van der Waals surface area contributed by atoms with Crippen LogP contribution in [0.4, 0.5) is 0 Å². The largest absolute Gasteiger partial charge is 0.490 e. The van der Waals surface area contributed by atoms with Crippen LogP contribution in [0.25, 0.3) is 0 Å². The Balaban J connectivity index is 1.65. The molecule has 1 heterocycles. The van der Waals surface area contributed by atoms with Crippen LogP contribution in [0.15, 0.2) is 29.2 Å². The SMILES string of the molecule is CC(=O)N1CCN(S(=O)(=O)c2ccc(OC3CCCC3)cc2)CC1. The smallest absolute Gasteiger partial charge is 0.243 e. The van der Waals surface area contributed by atoms with Crippen LogP contribution >= 0.6 is 0 Å². The van der Waals surface area contributed by atoms with Crippen molar-refractivity contribution >= 4 is 15.9 Å². The zero-order valence-electron chi connectivity index (χ0n) is 14.0. The number of rotatable bonds is 4. The van der Waals surface area contributed by atoms with Gasteiger partial charge in [-0.1, -0.05) is 0 Å². The van der Waals surface area contributed by atoms with Gasteiger partial charge in [-0.2, -0.15) is 4.31 Å². The van der Waals surface area contributed by atoms with Crippen LogP contribution in [-0.2, 0) is 14.8 Å². The second-order valence-electron chi connectivity index (χ2n) is 6.41. The van der Waals surface area contributed by atoms with Crippen molar-refractivity contribution in [2.45, 2.75) is 43.6 Å². The lowest BCUT2D eigenvalue weighted by molar-refractivity contribution is -0.129. The average Bonchev–Trinajstić information content (AvgIpc) is 3.08. The molecule has 7 heteroatoms. The van der Waals surface area contributed by atoms with Crippen LogP contribution < -0.4 is 4.74 Å². The van der Waals surface area contributed by atoms with Gasteiger partial charge in [0.25, 0.3) is 0 Å². The van der Waals surface area contributed by atoms with E-state index in [1.165, 1.54) is 24.1 Å². The first kappa shape index (κ1) is 17.2. The molecule has 1 aromatic carbocycles. The van der Waals surface area contributed by atoms with Gasteiger partial charge in [0.05, 0.1) is 11.0 Å². The maximum atomic E-state index is 12.7. The topological polar surface area (TPSA) is 66.9 Å². The van der Waals surface area contributed by atoms with Crippen molar-refractivity contribution in [2.75, 3.05) is 26.2 Å². The van der Waals surface area contributed by atoms with Crippen molar-refractivity contribution in [1.29, 1.82) is 0 Å². The first-order valence-corrected chi connectivity index (χ1v) is 9.93. The highest BCUT2D eigenvalue weighted by atomic mass is 32.2. The van der Waals surface area contributed by atoms with E-state index in [0.717, 1.165) is 18.6 Å². The van der Waals surface area contributed by atoms with Gasteiger partial charge in [0.15, 0.2) is 0 Å². The van der Waals surface area contributed by atoms with Crippen molar-refractivity contribution in [1.82, 2.24) is 9.21 Å². The Bertz CT molecular complexity index is 673. The number of hydrogen-bond acceptors (Lipinski definition) is 4. The molecule has 1 saturated heterocycles. The fourth-order valence-electron chi connectivity index (χ4n) is 3.28. The van der Waals surface area contributed by atoms with Crippen LogP contribution in [0.2, 0.25) is 0 Å². The molecule has 132 valence electrons. The molecule has 0 N–H and O–H groups in total. The molecule has 0 aromatic heterocycles. The molecule has 0 spiro atoms. The summed E-state index contributed by atoms with van der Waals surface area (Å²) in [6.45, 7) is 3.06. The van der Waals surface area contributed by atoms with Crippen molar-refractivity contribution in [3.05, 3.63) is 24.3 Å². The zero-order valence-corrected chi connectivity index (χ0v) is 14.8. The highest BCUT2D eigenvalue weighted by molar-refractivity contribution is 7.89.